The van der Waals surface area contributed by atoms with Gasteiger partial charge in [0.2, 0.25) is 0 Å². The average Bonchev–Trinajstić information content (AvgIpc) is 2.82. The standard InChI is InChI=1S/C26H33N3O/c1-2-15-27-18-20-28(21-19-27)25(22-9-5-3-6-10-22)23-11-13-24(14-12-23)26(30)29-16-7-4-8-17-29/h2-3,5-6,9-14,25H,1,4,7-8,15-21H2. The van der Waals surface area contributed by atoms with Crippen LogP contribution in [0.4, 0.5) is 0 Å². The molecule has 0 radical (unpaired) electrons. The van der Waals surface area contributed by atoms with Gasteiger partial charge in [-0.2, -0.15) is 0 Å². The van der Waals surface area contributed by atoms with Crippen LogP contribution in [0.15, 0.2) is 67.3 Å². The van der Waals surface area contributed by atoms with Crippen molar-refractivity contribution in [3.8, 4) is 0 Å². The van der Waals surface area contributed by atoms with Crippen molar-refractivity contribution in [1.29, 1.82) is 0 Å². The summed E-state index contributed by atoms with van der Waals surface area (Å²) >= 11 is 0. The van der Waals surface area contributed by atoms with E-state index in [1.807, 2.05) is 23.1 Å². The molecule has 1 atom stereocenters. The number of carbonyl (C=O) groups excluding carboxylic acids is 1. The van der Waals surface area contributed by atoms with E-state index in [-0.39, 0.29) is 11.9 Å². The first-order chi connectivity index (χ1) is 14.8. The Bertz CT molecular complexity index is 819. The van der Waals surface area contributed by atoms with Crippen LogP contribution in [0.2, 0.25) is 0 Å². The Morgan fingerprint density at radius 3 is 2.10 bits per heavy atom. The lowest BCUT2D eigenvalue weighted by Crippen LogP contribution is -2.47. The summed E-state index contributed by atoms with van der Waals surface area (Å²) in [5.74, 6) is 0.176. The molecule has 0 spiro atoms. The van der Waals surface area contributed by atoms with Gasteiger partial charge in [-0.05, 0) is 42.5 Å². The van der Waals surface area contributed by atoms with Gasteiger partial charge in [-0.1, -0.05) is 48.5 Å². The van der Waals surface area contributed by atoms with Gasteiger partial charge >= 0.3 is 0 Å². The molecule has 0 aromatic heterocycles. The molecule has 0 aliphatic carbocycles. The second kappa shape index (κ2) is 10.1. The predicted octanol–water partition coefficient (Wildman–Crippen LogP) is 4.21. The maximum atomic E-state index is 12.9. The Labute approximate surface area is 180 Å². The summed E-state index contributed by atoms with van der Waals surface area (Å²) in [4.78, 5) is 19.9. The lowest BCUT2D eigenvalue weighted by atomic mass is 9.95. The van der Waals surface area contributed by atoms with E-state index in [1.54, 1.807) is 0 Å². The number of hydrogen-bond acceptors (Lipinski definition) is 3. The third kappa shape index (κ3) is 4.82. The number of amides is 1. The number of hydrogen-bond donors (Lipinski definition) is 0. The first-order valence-corrected chi connectivity index (χ1v) is 11.3. The predicted molar refractivity (Wildman–Crippen MR) is 123 cm³/mol. The summed E-state index contributed by atoms with van der Waals surface area (Å²) in [5.41, 5.74) is 3.38. The van der Waals surface area contributed by atoms with Crippen LogP contribution in [0.5, 0.6) is 0 Å². The quantitative estimate of drug-likeness (QED) is 0.676. The van der Waals surface area contributed by atoms with E-state index >= 15 is 0 Å². The molecule has 2 saturated heterocycles. The highest BCUT2D eigenvalue weighted by molar-refractivity contribution is 5.94. The fourth-order valence-corrected chi connectivity index (χ4v) is 4.72. The fourth-order valence-electron chi connectivity index (χ4n) is 4.72. The molecule has 4 rings (SSSR count). The summed E-state index contributed by atoms with van der Waals surface area (Å²) in [6, 6.07) is 19.3. The maximum Gasteiger partial charge on any atom is 0.253 e. The molecule has 2 aromatic carbocycles. The summed E-state index contributed by atoms with van der Waals surface area (Å²) < 4.78 is 0. The topological polar surface area (TPSA) is 26.8 Å². The Morgan fingerprint density at radius 2 is 1.47 bits per heavy atom. The van der Waals surface area contributed by atoms with Crippen LogP contribution in [-0.2, 0) is 0 Å². The van der Waals surface area contributed by atoms with Crippen molar-refractivity contribution in [3.63, 3.8) is 0 Å². The van der Waals surface area contributed by atoms with Crippen LogP contribution in [0.1, 0.15) is 46.8 Å². The normalized spacial score (nSPS) is 19.4. The highest BCUT2D eigenvalue weighted by Gasteiger charge is 2.26. The van der Waals surface area contributed by atoms with Crippen molar-refractivity contribution in [2.24, 2.45) is 0 Å². The number of benzene rings is 2. The number of rotatable bonds is 6. The molecule has 2 heterocycles. The number of likely N-dealkylation sites (tertiary alicyclic amines) is 1. The first kappa shape index (κ1) is 20.8. The zero-order valence-electron chi connectivity index (χ0n) is 17.9. The number of carbonyl (C=O) groups is 1. The minimum absolute atomic E-state index is 0.176. The van der Waals surface area contributed by atoms with E-state index in [0.717, 1.165) is 64.2 Å². The Hall–Kier alpha value is -2.43. The third-order valence-electron chi connectivity index (χ3n) is 6.39. The van der Waals surface area contributed by atoms with Crippen LogP contribution < -0.4 is 0 Å². The van der Waals surface area contributed by atoms with Crippen molar-refractivity contribution in [2.45, 2.75) is 25.3 Å². The Balaban J connectivity index is 1.54. The summed E-state index contributed by atoms with van der Waals surface area (Å²) in [6.07, 6.45) is 5.47. The van der Waals surface area contributed by atoms with Crippen LogP contribution >= 0.6 is 0 Å². The van der Waals surface area contributed by atoms with E-state index < -0.39 is 0 Å². The van der Waals surface area contributed by atoms with E-state index in [4.69, 9.17) is 0 Å². The molecule has 2 aromatic rings. The lowest BCUT2D eigenvalue weighted by Gasteiger charge is -2.39. The highest BCUT2D eigenvalue weighted by atomic mass is 16.2. The third-order valence-corrected chi connectivity index (χ3v) is 6.39. The molecule has 0 saturated carbocycles. The molecular weight excluding hydrogens is 370 g/mol. The summed E-state index contributed by atoms with van der Waals surface area (Å²) in [6.45, 7) is 10.8. The van der Waals surface area contributed by atoms with E-state index in [2.05, 4.69) is 58.8 Å². The Morgan fingerprint density at radius 1 is 0.833 bits per heavy atom. The summed E-state index contributed by atoms with van der Waals surface area (Å²) in [5, 5.41) is 0. The van der Waals surface area contributed by atoms with Gasteiger partial charge in [0.05, 0.1) is 6.04 Å². The molecule has 4 nitrogen and oxygen atoms in total. The van der Waals surface area contributed by atoms with Crippen LogP contribution in [0, 0.1) is 0 Å². The molecule has 4 heteroatoms. The van der Waals surface area contributed by atoms with E-state index in [0.29, 0.717) is 0 Å². The Kier molecular flexibility index (Phi) is 6.98. The molecule has 2 aliphatic rings. The lowest BCUT2D eigenvalue weighted by molar-refractivity contribution is 0.0724. The van der Waals surface area contributed by atoms with Gasteiger partial charge in [0, 0.05) is 51.4 Å². The minimum Gasteiger partial charge on any atom is -0.339 e. The first-order valence-electron chi connectivity index (χ1n) is 11.3. The summed E-state index contributed by atoms with van der Waals surface area (Å²) in [7, 11) is 0. The molecule has 30 heavy (non-hydrogen) atoms. The average molecular weight is 404 g/mol. The van der Waals surface area contributed by atoms with Crippen LogP contribution in [-0.4, -0.2) is 66.4 Å². The zero-order chi connectivity index (χ0) is 20.8. The number of nitrogens with zero attached hydrogens (tertiary/aromatic N) is 3. The van der Waals surface area contributed by atoms with Crippen molar-refractivity contribution in [1.82, 2.24) is 14.7 Å². The maximum absolute atomic E-state index is 12.9. The van der Waals surface area contributed by atoms with Crippen LogP contribution in [0.25, 0.3) is 0 Å². The van der Waals surface area contributed by atoms with Gasteiger partial charge in [-0.3, -0.25) is 14.6 Å². The minimum atomic E-state index is 0.176. The smallest absolute Gasteiger partial charge is 0.253 e. The molecule has 2 aliphatic heterocycles. The zero-order valence-corrected chi connectivity index (χ0v) is 17.9. The molecule has 0 bridgehead atoms. The van der Waals surface area contributed by atoms with Crippen molar-refractivity contribution in [2.75, 3.05) is 45.8 Å². The molecule has 1 unspecified atom stereocenters. The van der Waals surface area contributed by atoms with Crippen molar-refractivity contribution < 1.29 is 4.79 Å². The largest absolute Gasteiger partial charge is 0.339 e. The van der Waals surface area contributed by atoms with Gasteiger partial charge in [-0.15, -0.1) is 6.58 Å². The molecular formula is C26H33N3O. The molecule has 1 amide bonds. The van der Waals surface area contributed by atoms with Gasteiger partial charge in [0.1, 0.15) is 0 Å². The van der Waals surface area contributed by atoms with Crippen molar-refractivity contribution >= 4 is 5.91 Å². The van der Waals surface area contributed by atoms with Crippen LogP contribution in [0.3, 0.4) is 0 Å². The second-order valence-electron chi connectivity index (χ2n) is 8.41. The SMILES string of the molecule is C=CCN1CCN(C(c2ccccc2)c2ccc(C(=O)N3CCCCC3)cc2)CC1. The van der Waals surface area contributed by atoms with Gasteiger partial charge < -0.3 is 4.90 Å². The van der Waals surface area contributed by atoms with Gasteiger partial charge in [0.15, 0.2) is 0 Å². The second-order valence-corrected chi connectivity index (χ2v) is 8.41. The monoisotopic (exact) mass is 403 g/mol. The number of piperidine rings is 1. The molecule has 0 N–H and O–H groups in total. The molecule has 158 valence electrons. The van der Waals surface area contributed by atoms with E-state index in [9.17, 15) is 4.79 Å². The van der Waals surface area contributed by atoms with Gasteiger partial charge in [-0.25, -0.2) is 0 Å². The van der Waals surface area contributed by atoms with Gasteiger partial charge in [0.25, 0.3) is 5.91 Å². The van der Waals surface area contributed by atoms with Crippen molar-refractivity contribution in [3.05, 3.63) is 83.9 Å². The fraction of sp³-hybridized carbons (Fsp3) is 0.423. The molecule has 2 fully saturated rings. The highest BCUT2D eigenvalue weighted by Crippen LogP contribution is 2.30. The number of piperazine rings is 1. The van der Waals surface area contributed by atoms with E-state index in [1.165, 1.54) is 17.5 Å².